The Balaban J connectivity index is 1.74. The van der Waals surface area contributed by atoms with Crippen LogP contribution in [0.15, 0.2) is 53.9 Å². The topological polar surface area (TPSA) is 48.0 Å². The third-order valence-corrected chi connectivity index (χ3v) is 5.86. The van der Waals surface area contributed by atoms with Gasteiger partial charge in [-0.2, -0.15) is 0 Å². The van der Waals surface area contributed by atoms with Crippen LogP contribution in [0, 0.1) is 10.8 Å². The third kappa shape index (κ3) is 2.56. The zero-order chi connectivity index (χ0) is 19.4. The molecule has 0 unspecified atom stereocenters. The van der Waals surface area contributed by atoms with Crippen LogP contribution < -0.4 is 0 Å². The monoisotopic (exact) mass is 369 g/mol. The summed E-state index contributed by atoms with van der Waals surface area (Å²) in [5.74, 6) is 0.597. The van der Waals surface area contributed by atoms with Gasteiger partial charge in [0.05, 0.1) is 13.2 Å². The fourth-order valence-electron chi connectivity index (χ4n) is 4.61. The lowest BCUT2D eigenvalue weighted by Crippen LogP contribution is -2.59. The molecule has 0 saturated carbocycles. The summed E-state index contributed by atoms with van der Waals surface area (Å²) < 4.78 is 6.13. The van der Waals surface area contributed by atoms with Crippen molar-refractivity contribution in [3.63, 3.8) is 0 Å². The largest absolute Gasteiger partial charge is 0.494 e. The molecular weight excluding hydrogens is 342 g/mol. The molecule has 0 radical (unpaired) electrons. The molecule has 1 fully saturated rings. The van der Waals surface area contributed by atoms with Crippen molar-refractivity contribution < 1.29 is 19.3 Å². The average molecular weight is 369 g/mol. The quantitative estimate of drug-likeness (QED) is 0.740. The molecule has 3 aliphatic rings. The van der Waals surface area contributed by atoms with Crippen molar-refractivity contribution in [1.29, 1.82) is 0 Å². The smallest absolute Gasteiger partial charge is 0.264 e. The molecule has 0 aromatic heterocycles. The highest BCUT2D eigenvalue weighted by atomic mass is 17.2. The lowest BCUT2D eigenvalue weighted by atomic mass is 9.61. The molecule has 0 aliphatic carbocycles. The van der Waals surface area contributed by atoms with Crippen molar-refractivity contribution >= 4 is 5.91 Å². The van der Waals surface area contributed by atoms with Crippen molar-refractivity contribution in [3.05, 3.63) is 59.5 Å². The normalized spacial score (nSPS) is 29.4. The summed E-state index contributed by atoms with van der Waals surface area (Å²) in [5.41, 5.74) is 0.550. The third-order valence-electron chi connectivity index (χ3n) is 5.86. The maximum atomic E-state index is 13.0. The first kappa shape index (κ1) is 18.3. The van der Waals surface area contributed by atoms with Gasteiger partial charge in [0.2, 0.25) is 0 Å². The second-order valence-electron chi connectivity index (χ2n) is 9.22. The van der Waals surface area contributed by atoms with Crippen LogP contribution in [0.4, 0.5) is 0 Å². The SMILES string of the molecule is CC(C)(C)[C@]12OO[C@@H]3C(=O)N(Cc4ccccc4)C=CC3=C1OCC2(C)C. The molecule has 0 bridgehead atoms. The Hall–Kier alpha value is -2.11. The Kier molecular flexibility index (Phi) is 4.02. The van der Waals surface area contributed by atoms with E-state index < -0.39 is 11.7 Å². The maximum absolute atomic E-state index is 13.0. The first-order valence-corrected chi connectivity index (χ1v) is 9.42. The Morgan fingerprint density at radius 2 is 1.89 bits per heavy atom. The Labute approximate surface area is 160 Å². The van der Waals surface area contributed by atoms with Crippen LogP contribution in [0.3, 0.4) is 0 Å². The molecule has 4 rings (SSSR count). The Morgan fingerprint density at radius 3 is 2.56 bits per heavy atom. The van der Waals surface area contributed by atoms with Crippen molar-refractivity contribution in [2.45, 2.75) is 52.9 Å². The van der Waals surface area contributed by atoms with Crippen molar-refractivity contribution in [2.75, 3.05) is 6.61 Å². The second kappa shape index (κ2) is 5.94. The summed E-state index contributed by atoms with van der Waals surface area (Å²) in [7, 11) is 0. The summed E-state index contributed by atoms with van der Waals surface area (Å²) in [4.78, 5) is 26.5. The number of nitrogens with zero attached hydrogens (tertiary/aromatic N) is 1. The molecule has 1 aromatic carbocycles. The molecule has 5 heteroatoms. The summed E-state index contributed by atoms with van der Waals surface area (Å²) in [6.07, 6.45) is 2.97. The molecule has 27 heavy (non-hydrogen) atoms. The van der Waals surface area contributed by atoms with Crippen LogP contribution in [-0.4, -0.2) is 29.1 Å². The van der Waals surface area contributed by atoms with E-state index in [4.69, 9.17) is 14.5 Å². The van der Waals surface area contributed by atoms with Crippen molar-refractivity contribution in [2.24, 2.45) is 10.8 Å². The van der Waals surface area contributed by atoms with Gasteiger partial charge in [-0.25, -0.2) is 9.78 Å². The lowest BCUT2D eigenvalue weighted by Gasteiger charge is -2.50. The molecular formula is C22H27NO4. The Bertz CT molecular complexity index is 818. The van der Waals surface area contributed by atoms with Gasteiger partial charge < -0.3 is 9.64 Å². The van der Waals surface area contributed by atoms with E-state index in [1.54, 1.807) is 4.90 Å². The maximum Gasteiger partial charge on any atom is 0.264 e. The van der Waals surface area contributed by atoms with Gasteiger partial charge in [-0.1, -0.05) is 65.0 Å². The second-order valence-corrected chi connectivity index (χ2v) is 9.22. The van der Waals surface area contributed by atoms with E-state index in [9.17, 15) is 4.79 Å². The van der Waals surface area contributed by atoms with Gasteiger partial charge >= 0.3 is 0 Å². The predicted molar refractivity (Wildman–Crippen MR) is 101 cm³/mol. The molecule has 3 heterocycles. The number of hydrogen-bond acceptors (Lipinski definition) is 4. The summed E-state index contributed by atoms with van der Waals surface area (Å²) in [6, 6.07) is 9.89. The molecule has 144 valence electrons. The van der Waals surface area contributed by atoms with Crippen molar-refractivity contribution in [3.8, 4) is 0 Å². The highest BCUT2D eigenvalue weighted by molar-refractivity contribution is 5.87. The summed E-state index contributed by atoms with van der Waals surface area (Å²) >= 11 is 0. The number of carbonyl (C=O) groups is 1. The molecule has 0 spiro atoms. The van der Waals surface area contributed by atoms with E-state index in [0.29, 0.717) is 13.2 Å². The number of ether oxygens (including phenoxy) is 1. The highest BCUT2D eigenvalue weighted by Crippen LogP contribution is 2.59. The molecule has 0 N–H and O–H groups in total. The van der Waals surface area contributed by atoms with Crippen LogP contribution in [0.2, 0.25) is 0 Å². The van der Waals surface area contributed by atoms with Gasteiger partial charge in [0, 0.05) is 22.6 Å². The summed E-state index contributed by atoms with van der Waals surface area (Å²) in [5, 5.41) is 0. The van der Waals surface area contributed by atoms with Gasteiger partial charge in [-0.3, -0.25) is 4.79 Å². The minimum Gasteiger partial charge on any atom is -0.494 e. The fraction of sp³-hybridized carbons (Fsp3) is 0.500. The van der Waals surface area contributed by atoms with Crippen molar-refractivity contribution in [1.82, 2.24) is 4.90 Å². The molecule has 1 amide bonds. The minimum absolute atomic E-state index is 0.139. The zero-order valence-corrected chi connectivity index (χ0v) is 16.6. The first-order valence-electron chi connectivity index (χ1n) is 9.42. The van der Waals surface area contributed by atoms with E-state index in [-0.39, 0.29) is 16.7 Å². The lowest BCUT2D eigenvalue weighted by molar-refractivity contribution is -0.408. The van der Waals surface area contributed by atoms with E-state index in [2.05, 4.69) is 34.6 Å². The van der Waals surface area contributed by atoms with Gasteiger partial charge in [-0.15, -0.1) is 0 Å². The molecule has 1 saturated heterocycles. The first-order chi connectivity index (χ1) is 12.7. The van der Waals surface area contributed by atoms with E-state index >= 15 is 0 Å². The fourth-order valence-corrected chi connectivity index (χ4v) is 4.61. The minimum atomic E-state index is -0.793. The number of fused-ring (bicyclic) bond motifs is 2. The van der Waals surface area contributed by atoms with Gasteiger partial charge in [0.1, 0.15) is 5.76 Å². The van der Waals surface area contributed by atoms with Crippen LogP contribution in [-0.2, 0) is 25.9 Å². The number of carbonyl (C=O) groups excluding carboxylic acids is 1. The van der Waals surface area contributed by atoms with E-state index in [0.717, 1.165) is 16.9 Å². The molecule has 3 aliphatic heterocycles. The summed E-state index contributed by atoms with van der Waals surface area (Å²) in [6.45, 7) is 11.6. The van der Waals surface area contributed by atoms with Gasteiger partial charge in [0.25, 0.3) is 5.91 Å². The van der Waals surface area contributed by atoms with Crippen LogP contribution in [0.1, 0.15) is 40.2 Å². The highest BCUT2D eigenvalue weighted by Gasteiger charge is 2.67. The Morgan fingerprint density at radius 1 is 1.19 bits per heavy atom. The van der Waals surface area contributed by atoms with Crippen LogP contribution in [0.5, 0.6) is 0 Å². The van der Waals surface area contributed by atoms with E-state index in [1.165, 1.54) is 0 Å². The predicted octanol–water partition coefficient (Wildman–Crippen LogP) is 3.97. The van der Waals surface area contributed by atoms with Gasteiger partial charge in [0.15, 0.2) is 11.7 Å². The van der Waals surface area contributed by atoms with E-state index in [1.807, 2.05) is 42.6 Å². The van der Waals surface area contributed by atoms with Gasteiger partial charge in [-0.05, 0) is 11.6 Å². The molecule has 1 aromatic rings. The molecule has 2 atom stereocenters. The number of benzene rings is 1. The van der Waals surface area contributed by atoms with Crippen LogP contribution in [0.25, 0.3) is 0 Å². The standard InChI is InChI=1S/C22H27NO4/c1-20(2,3)22-18(25-14-21(22,4)5)16-11-12-23(19(24)17(16)26-27-22)13-15-9-7-6-8-10-15/h6-12,17H,13-14H2,1-5H3/t17-,22+/m0/s1. The average Bonchev–Trinajstić information content (AvgIpc) is 2.90. The van der Waals surface area contributed by atoms with Crippen LogP contribution >= 0.6 is 0 Å². The number of amides is 1. The zero-order valence-electron chi connectivity index (χ0n) is 16.6. The number of rotatable bonds is 2. The molecule has 5 nitrogen and oxygen atoms in total. The number of hydrogen-bond donors (Lipinski definition) is 0.